The van der Waals surface area contributed by atoms with Crippen molar-refractivity contribution < 1.29 is 0 Å². The predicted octanol–water partition coefficient (Wildman–Crippen LogP) is -0.714. The van der Waals surface area contributed by atoms with Crippen LogP contribution in [0.2, 0.25) is 0 Å². The maximum Gasteiger partial charge on any atom is 0.277 e. The zero-order valence-corrected chi connectivity index (χ0v) is 13.4. The molecule has 0 saturated heterocycles. The Balaban J connectivity index is 1.87. The molecule has 4 rings (SSSR count). The van der Waals surface area contributed by atoms with Gasteiger partial charge in [0.25, 0.3) is 11.1 Å². The molecular weight excluding hydrogens is 326 g/mol. The van der Waals surface area contributed by atoms with E-state index in [2.05, 4.69) is 30.8 Å². The summed E-state index contributed by atoms with van der Waals surface area (Å²) in [6, 6.07) is 2.73. The van der Waals surface area contributed by atoms with E-state index in [9.17, 15) is 9.59 Å². The van der Waals surface area contributed by atoms with Crippen LogP contribution in [0, 0.1) is 0 Å². The van der Waals surface area contributed by atoms with Gasteiger partial charge in [-0.2, -0.15) is 15.0 Å². The Labute approximate surface area is 139 Å². The Kier molecular flexibility index (Phi) is 3.34. The van der Waals surface area contributed by atoms with E-state index in [1.165, 1.54) is 28.7 Å². The van der Waals surface area contributed by atoms with Gasteiger partial charge in [-0.05, 0) is 19.1 Å². The number of hydrogen-bond donors (Lipinski definition) is 0. The lowest BCUT2D eigenvalue weighted by molar-refractivity contribution is 0.358. The lowest BCUT2D eigenvalue weighted by Crippen LogP contribution is -2.30. The normalized spacial score (nSPS) is 12.7. The zero-order valence-electron chi connectivity index (χ0n) is 13.4. The summed E-state index contributed by atoms with van der Waals surface area (Å²) in [5.41, 5.74) is 0.0435. The van der Waals surface area contributed by atoms with Gasteiger partial charge < -0.3 is 0 Å². The molecule has 25 heavy (non-hydrogen) atoms. The smallest absolute Gasteiger partial charge is 0.267 e. The summed E-state index contributed by atoms with van der Waals surface area (Å²) in [4.78, 5) is 26.4. The van der Waals surface area contributed by atoms with E-state index in [4.69, 9.17) is 0 Å². The van der Waals surface area contributed by atoms with Crippen LogP contribution >= 0.6 is 0 Å². The molecule has 3 heterocycles. The van der Waals surface area contributed by atoms with Crippen molar-refractivity contribution in [1.29, 1.82) is 0 Å². The van der Waals surface area contributed by atoms with Crippen LogP contribution in [0.4, 0.5) is 0 Å². The fourth-order valence-corrected chi connectivity index (χ4v) is 2.62. The van der Waals surface area contributed by atoms with Crippen LogP contribution in [0.1, 0.15) is 13.0 Å². The van der Waals surface area contributed by atoms with Crippen LogP contribution in [0.15, 0.2) is 34.1 Å². The van der Waals surface area contributed by atoms with Gasteiger partial charge in [0.05, 0.1) is 35.8 Å². The second-order valence-electron chi connectivity index (χ2n) is 5.68. The minimum atomic E-state index is -0.325. The van der Waals surface area contributed by atoms with Crippen molar-refractivity contribution in [3.05, 3.63) is 45.2 Å². The number of fused-ring (bicyclic) bond motifs is 2. The van der Waals surface area contributed by atoms with Crippen molar-refractivity contribution >= 4 is 21.8 Å². The molecule has 126 valence electrons. The topological polar surface area (TPSA) is 126 Å². The number of rotatable bonds is 3. The minimum absolute atomic E-state index is 0.303. The quantitative estimate of drug-likeness (QED) is 0.448. The van der Waals surface area contributed by atoms with Crippen LogP contribution in [-0.4, -0.2) is 45.0 Å². The Morgan fingerprint density at radius 3 is 2.24 bits per heavy atom. The summed E-state index contributed by atoms with van der Waals surface area (Å²) in [6.45, 7) is 2.20. The molecular formula is C14H13N9O2. The third kappa shape index (κ3) is 2.45. The molecule has 1 atom stereocenters. The maximum absolute atomic E-state index is 12.8. The molecule has 0 bridgehead atoms. The average molecular weight is 339 g/mol. The first-order valence-corrected chi connectivity index (χ1v) is 7.51. The molecule has 11 heteroatoms. The van der Waals surface area contributed by atoms with Crippen molar-refractivity contribution in [3.63, 3.8) is 0 Å². The second kappa shape index (κ2) is 5.54. The largest absolute Gasteiger partial charge is 0.277 e. The molecule has 0 spiro atoms. The van der Waals surface area contributed by atoms with Crippen LogP contribution in [0.5, 0.6) is 0 Å². The van der Waals surface area contributed by atoms with E-state index < -0.39 is 0 Å². The molecule has 0 radical (unpaired) electrons. The Bertz CT molecular complexity index is 1190. The Morgan fingerprint density at radius 1 is 0.960 bits per heavy atom. The van der Waals surface area contributed by atoms with Crippen molar-refractivity contribution in [2.75, 3.05) is 0 Å². The van der Waals surface area contributed by atoms with Gasteiger partial charge in [-0.3, -0.25) is 9.59 Å². The van der Waals surface area contributed by atoms with Gasteiger partial charge >= 0.3 is 0 Å². The lowest BCUT2D eigenvalue weighted by Gasteiger charge is -2.12. The van der Waals surface area contributed by atoms with Crippen molar-refractivity contribution in [2.24, 2.45) is 7.05 Å². The third-order valence-electron chi connectivity index (χ3n) is 3.92. The fraction of sp³-hybridized carbons (Fsp3) is 0.286. The van der Waals surface area contributed by atoms with Gasteiger partial charge in [0, 0.05) is 7.05 Å². The van der Waals surface area contributed by atoms with E-state index in [0.717, 1.165) is 4.68 Å². The molecule has 3 aromatic heterocycles. The van der Waals surface area contributed by atoms with Gasteiger partial charge in [-0.15, -0.1) is 10.2 Å². The molecule has 1 unspecified atom stereocenters. The molecule has 0 aliphatic rings. The number of aromatic nitrogens is 9. The summed E-state index contributed by atoms with van der Waals surface area (Å²) in [6.07, 6.45) is 3.12. The lowest BCUT2D eigenvalue weighted by atomic mass is 10.2. The number of hydrogen-bond acceptors (Lipinski definition) is 8. The van der Waals surface area contributed by atoms with E-state index in [0.29, 0.717) is 28.4 Å². The van der Waals surface area contributed by atoms with E-state index >= 15 is 0 Å². The molecule has 0 saturated carbocycles. The fourth-order valence-electron chi connectivity index (χ4n) is 2.62. The molecule has 0 amide bonds. The highest BCUT2D eigenvalue weighted by molar-refractivity contribution is 5.93. The maximum atomic E-state index is 12.8. The molecule has 0 N–H and O–H groups in total. The molecule has 4 aromatic rings. The summed E-state index contributed by atoms with van der Waals surface area (Å²) < 4.78 is 2.40. The van der Waals surface area contributed by atoms with Gasteiger partial charge in [0.2, 0.25) is 0 Å². The first-order chi connectivity index (χ1) is 12.0. The van der Waals surface area contributed by atoms with Crippen molar-refractivity contribution in [3.8, 4) is 0 Å². The summed E-state index contributed by atoms with van der Waals surface area (Å²) in [5.74, 6) is 0. The minimum Gasteiger partial charge on any atom is -0.267 e. The standard InChI is InChI=1S/C14H13N9O2/c1-8(7-22-15-3-4-16-22)23-14(25)10-6-11-9(5-12(10)18-20-23)13(24)21(2)19-17-11/h3-6,8H,7H2,1-2H3. The highest BCUT2D eigenvalue weighted by atomic mass is 16.1. The Morgan fingerprint density at radius 2 is 1.56 bits per heavy atom. The highest BCUT2D eigenvalue weighted by Crippen LogP contribution is 2.14. The van der Waals surface area contributed by atoms with Crippen LogP contribution in [0.25, 0.3) is 21.8 Å². The summed E-state index contributed by atoms with van der Waals surface area (Å²) in [7, 11) is 1.51. The summed E-state index contributed by atoms with van der Waals surface area (Å²) >= 11 is 0. The highest BCUT2D eigenvalue weighted by Gasteiger charge is 2.15. The van der Waals surface area contributed by atoms with Crippen molar-refractivity contribution in [1.82, 2.24) is 45.0 Å². The number of benzene rings is 1. The Hall–Kier alpha value is -3.50. The van der Waals surface area contributed by atoms with Gasteiger partial charge in [0.1, 0.15) is 11.0 Å². The van der Waals surface area contributed by atoms with Crippen LogP contribution in [-0.2, 0) is 13.6 Å². The van der Waals surface area contributed by atoms with Gasteiger partial charge in [-0.25, -0.2) is 9.36 Å². The van der Waals surface area contributed by atoms with E-state index in [1.54, 1.807) is 12.4 Å². The van der Waals surface area contributed by atoms with E-state index in [1.807, 2.05) is 6.92 Å². The number of aryl methyl sites for hydroxylation is 1. The molecule has 0 aliphatic carbocycles. The zero-order chi connectivity index (χ0) is 17.6. The van der Waals surface area contributed by atoms with Crippen LogP contribution < -0.4 is 11.1 Å². The first kappa shape index (κ1) is 15.1. The monoisotopic (exact) mass is 339 g/mol. The third-order valence-corrected chi connectivity index (χ3v) is 3.92. The van der Waals surface area contributed by atoms with Crippen molar-refractivity contribution in [2.45, 2.75) is 19.5 Å². The van der Waals surface area contributed by atoms with Gasteiger partial charge in [-0.1, -0.05) is 10.4 Å². The molecule has 11 nitrogen and oxygen atoms in total. The average Bonchev–Trinajstić information content (AvgIpc) is 3.11. The van der Waals surface area contributed by atoms with E-state index in [-0.39, 0.29) is 17.2 Å². The molecule has 0 aliphatic heterocycles. The molecule has 0 fully saturated rings. The summed E-state index contributed by atoms with van der Waals surface area (Å²) in [5, 5.41) is 24.5. The first-order valence-electron chi connectivity index (χ1n) is 7.51. The second-order valence-corrected chi connectivity index (χ2v) is 5.68. The van der Waals surface area contributed by atoms with Crippen LogP contribution in [0.3, 0.4) is 0 Å². The van der Waals surface area contributed by atoms with Gasteiger partial charge in [0.15, 0.2) is 0 Å². The number of nitrogens with zero attached hydrogens (tertiary/aromatic N) is 9. The predicted molar refractivity (Wildman–Crippen MR) is 86.9 cm³/mol. The molecule has 1 aromatic carbocycles. The SMILES string of the molecule is CC(Cn1nccn1)n1nnc2cc3c(=O)n(C)nnc3cc2c1=O.